The van der Waals surface area contributed by atoms with E-state index in [2.05, 4.69) is 25.6 Å². The summed E-state index contributed by atoms with van der Waals surface area (Å²) in [6.45, 7) is 2.98. The number of hydrogen-bond acceptors (Lipinski definition) is 8. The van der Waals surface area contributed by atoms with Gasteiger partial charge in [0.25, 0.3) is 0 Å². The number of rotatable bonds is 5. The summed E-state index contributed by atoms with van der Waals surface area (Å²) in [4.78, 5) is 28.3. The van der Waals surface area contributed by atoms with Crippen molar-refractivity contribution in [2.45, 2.75) is 0 Å². The highest BCUT2D eigenvalue weighted by molar-refractivity contribution is 5.80. The summed E-state index contributed by atoms with van der Waals surface area (Å²) in [5.74, 6) is 1.43. The highest BCUT2D eigenvalue weighted by Gasteiger charge is 2.18. The minimum absolute atomic E-state index is 0.100. The molecule has 1 aromatic heterocycles. The number of nitrogens with one attached hydrogen (secondary N) is 2. The highest BCUT2D eigenvalue weighted by atomic mass is 16.5. The molecule has 0 unspecified atom stereocenters. The summed E-state index contributed by atoms with van der Waals surface area (Å²) in [5.41, 5.74) is 0. The zero-order valence-corrected chi connectivity index (χ0v) is 12.6. The zero-order chi connectivity index (χ0) is 15.2. The molecule has 116 valence electrons. The van der Waals surface area contributed by atoms with E-state index in [1.54, 1.807) is 26.0 Å². The van der Waals surface area contributed by atoms with Gasteiger partial charge in [0.1, 0.15) is 0 Å². The second-order valence-electron chi connectivity index (χ2n) is 4.64. The summed E-state index contributed by atoms with van der Waals surface area (Å²) in [6, 6.07) is 0. The van der Waals surface area contributed by atoms with Crippen molar-refractivity contribution in [3.63, 3.8) is 0 Å². The topological polar surface area (TPSA) is 95.5 Å². The molecule has 1 aliphatic rings. The minimum Gasteiger partial charge on any atom is -0.378 e. The summed E-state index contributed by atoms with van der Waals surface area (Å²) in [7, 11) is 5.12. The lowest BCUT2D eigenvalue weighted by molar-refractivity contribution is -0.119. The molecule has 0 spiro atoms. The van der Waals surface area contributed by atoms with E-state index < -0.39 is 0 Å². The quantitative estimate of drug-likeness (QED) is 0.709. The normalized spacial score (nSPS) is 14.7. The number of hydrogen-bond donors (Lipinski definition) is 2. The van der Waals surface area contributed by atoms with E-state index in [9.17, 15) is 4.79 Å². The second kappa shape index (κ2) is 7.02. The maximum absolute atomic E-state index is 11.5. The van der Waals surface area contributed by atoms with Crippen LogP contribution in [0.5, 0.6) is 0 Å². The Kier molecular flexibility index (Phi) is 5.09. The molecule has 1 aromatic rings. The SMILES string of the molecule is CNC(=O)CN(C)c1nc(NC)nc(N2CCOCC2)n1. The number of aromatic nitrogens is 3. The molecule has 0 radical (unpaired) electrons. The smallest absolute Gasteiger partial charge is 0.239 e. The summed E-state index contributed by atoms with van der Waals surface area (Å²) >= 11 is 0. The van der Waals surface area contributed by atoms with Gasteiger partial charge in [-0.1, -0.05) is 0 Å². The van der Waals surface area contributed by atoms with Gasteiger partial charge in [0, 0.05) is 34.2 Å². The first-order chi connectivity index (χ1) is 10.1. The third-order valence-corrected chi connectivity index (χ3v) is 3.13. The molecule has 1 amide bonds. The molecule has 0 aromatic carbocycles. The van der Waals surface area contributed by atoms with E-state index in [0.717, 1.165) is 13.1 Å². The Hall–Kier alpha value is -2.16. The van der Waals surface area contributed by atoms with E-state index in [1.807, 2.05) is 4.90 Å². The van der Waals surface area contributed by atoms with Crippen LogP contribution in [0.25, 0.3) is 0 Å². The number of anilines is 3. The number of ether oxygens (including phenoxy) is 1. The predicted molar refractivity (Wildman–Crippen MR) is 79.7 cm³/mol. The van der Waals surface area contributed by atoms with Gasteiger partial charge in [0.2, 0.25) is 23.8 Å². The molecule has 0 atom stereocenters. The van der Waals surface area contributed by atoms with Gasteiger partial charge in [0.15, 0.2) is 0 Å². The molecule has 2 rings (SSSR count). The fraction of sp³-hybridized carbons (Fsp3) is 0.667. The second-order valence-corrected chi connectivity index (χ2v) is 4.64. The van der Waals surface area contributed by atoms with Gasteiger partial charge in [-0.25, -0.2) is 0 Å². The fourth-order valence-corrected chi connectivity index (χ4v) is 1.91. The third kappa shape index (κ3) is 3.91. The average Bonchev–Trinajstić information content (AvgIpc) is 2.54. The van der Waals surface area contributed by atoms with Crippen molar-refractivity contribution in [1.82, 2.24) is 20.3 Å². The Bertz CT molecular complexity index is 490. The standard InChI is InChI=1S/C12H21N7O2/c1-13-9(20)8-18(3)11-15-10(14-2)16-12(17-11)19-4-6-21-7-5-19/h4-8H2,1-3H3,(H,13,20)(H,14,15,16,17). The van der Waals surface area contributed by atoms with Crippen LogP contribution in [-0.4, -0.2) is 74.9 Å². The van der Waals surface area contributed by atoms with Crippen LogP contribution in [0, 0.1) is 0 Å². The molecule has 9 heteroatoms. The molecule has 1 aliphatic heterocycles. The Morgan fingerprint density at radius 2 is 2.00 bits per heavy atom. The van der Waals surface area contributed by atoms with Crippen molar-refractivity contribution in [1.29, 1.82) is 0 Å². The number of morpholine rings is 1. The lowest BCUT2D eigenvalue weighted by Gasteiger charge is -2.27. The van der Waals surface area contributed by atoms with Crippen molar-refractivity contribution >= 4 is 23.8 Å². The number of likely N-dealkylation sites (N-methyl/N-ethyl adjacent to an activating group) is 2. The first-order valence-electron chi connectivity index (χ1n) is 6.82. The number of carbonyl (C=O) groups is 1. The molecule has 21 heavy (non-hydrogen) atoms. The molecule has 2 heterocycles. The van der Waals surface area contributed by atoms with Crippen LogP contribution in [0.1, 0.15) is 0 Å². The van der Waals surface area contributed by atoms with Gasteiger partial charge < -0.3 is 25.2 Å². The fourth-order valence-electron chi connectivity index (χ4n) is 1.91. The van der Waals surface area contributed by atoms with Crippen LogP contribution in [0.15, 0.2) is 0 Å². The van der Waals surface area contributed by atoms with Crippen LogP contribution in [0.2, 0.25) is 0 Å². The monoisotopic (exact) mass is 295 g/mol. The van der Waals surface area contributed by atoms with Gasteiger partial charge in [-0.3, -0.25) is 4.79 Å². The van der Waals surface area contributed by atoms with E-state index in [0.29, 0.717) is 31.1 Å². The average molecular weight is 295 g/mol. The Labute approximate surface area is 123 Å². The molecule has 1 saturated heterocycles. The van der Waals surface area contributed by atoms with Crippen molar-refractivity contribution in [2.24, 2.45) is 0 Å². The summed E-state index contributed by atoms with van der Waals surface area (Å²) in [6.07, 6.45) is 0. The number of carbonyl (C=O) groups excluding carboxylic acids is 1. The largest absolute Gasteiger partial charge is 0.378 e. The van der Waals surface area contributed by atoms with Crippen molar-refractivity contribution in [3.8, 4) is 0 Å². The molecule has 1 fully saturated rings. The molecular weight excluding hydrogens is 274 g/mol. The Morgan fingerprint density at radius 3 is 2.62 bits per heavy atom. The van der Waals surface area contributed by atoms with Crippen LogP contribution < -0.4 is 20.4 Å². The molecule has 2 N–H and O–H groups in total. The summed E-state index contributed by atoms with van der Waals surface area (Å²) in [5, 5.41) is 5.50. The Morgan fingerprint density at radius 1 is 1.29 bits per heavy atom. The van der Waals surface area contributed by atoms with Crippen LogP contribution in [0.4, 0.5) is 17.8 Å². The number of nitrogens with zero attached hydrogens (tertiary/aromatic N) is 5. The maximum Gasteiger partial charge on any atom is 0.239 e. The molecular formula is C12H21N7O2. The number of amides is 1. The van der Waals surface area contributed by atoms with Crippen LogP contribution >= 0.6 is 0 Å². The van der Waals surface area contributed by atoms with E-state index in [4.69, 9.17) is 4.74 Å². The van der Waals surface area contributed by atoms with Crippen LogP contribution in [0.3, 0.4) is 0 Å². The van der Waals surface area contributed by atoms with Gasteiger partial charge in [-0.15, -0.1) is 0 Å². The van der Waals surface area contributed by atoms with E-state index >= 15 is 0 Å². The zero-order valence-electron chi connectivity index (χ0n) is 12.6. The first-order valence-corrected chi connectivity index (χ1v) is 6.82. The minimum atomic E-state index is -0.100. The van der Waals surface area contributed by atoms with E-state index in [-0.39, 0.29) is 12.5 Å². The van der Waals surface area contributed by atoms with Crippen LogP contribution in [-0.2, 0) is 9.53 Å². The van der Waals surface area contributed by atoms with Gasteiger partial charge in [-0.05, 0) is 0 Å². The highest BCUT2D eigenvalue weighted by Crippen LogP contribution is 2.16. The predicted octanol–water partition coefficient (Wildman–Crippen LogP) is -1.07. The molecule has 0 aliphatic carbocycles. The Balaban J connectivity index is 2.22. The van der Waals surface area contributed by atoms with E-state index in [1.165, 1.54) is 0 Å². The molecule has 0 bridgehead atoms. The van der Waals surface area contributed by atoms with Gasteiger partial charge >= 0.3 is 0 Å². The molecule has 9 nitrogen and oxygen atoms in total. The third-order valence-electron chi connectivity index (χ3n) is 3.13. The van der Waals surface area contributed by atoms with Gasteiger partial charge in [-0.2, -0.15) is 15.0 Å². The van der Waals surface area contributed by atoms with Crippen molar-refractivity contribution in [3.05, 3.63) is 0 Å². The van der Waals surface area contributed by atoms with Crippen molar-refractivity contribution in [2.75, 3.05) is 69.1 Å². The first kappa shape index (κ1) is 15.2. The van der Waals surface area contributed by atoms with Crippen molar-refractivity contribution < 1.29 is 9.53 Å². The van der Waals surface area contributed by atoms with Gasteiger partial charge in [0.05, 0.1) is 19.8 Å². The lowest BCUT2D eigenvalue weighted by atomic mass is 10.4. The molecule has 0 saturated carbocycles. The maximum atomic E-state index is 11.5. The summed E-state index contributed by atoms with van der Waals surface area (Å²) < 4.78 is 5.33. The lowest BCUT2D eigenvalue weighted by Crippen LogP contribution is -2.38.